The molecule has 2 heteroatoms. The minimum absolute atomic E-state index is 0.0145. The SMILES string of the molecule is CCCCCCCCOC(C)(C)CCCC(C)CC(C)=O. The van der Waals surface area contributed by atoms with Gasteiger partial charge in [-0.05, 0) is 39.5 Å². The second-order valence-electron chi connectivity index (χ2n) is 7.28. The summed E-state index contributed by atoms with van der Waals surface area (Å²) in [6, 6.07) is 0. The van der Waals surface area contributed by atoms with Gasteiger partial charge in [0.05, 0.1) is 5.60 Å². The Labute approximate surface area is 133 Å². The van der Waals surface area contributed by atoms with Gasteiger partial charge in [-0.2, -0.15) is 0 Å². The predicted molar refractivity (Wildman–Crippen MR) is 91.7 cm³/mol. The number of hydrogen-bond acceptors (Lipinski definition) is 2. The van der Waals surface area contributed by atoms with Crippen LogP contribution in [0.1, 0.15) is 98.8 Å². The molecule has 0 spiro atoms. The number of rotatable bonds is 14. The highest BCUT2D eigenvalue weighted by Gasteiger charge is 2.18. The summed E-state index contributed by atoms with van der Waals surface area (Å²) < 4.78 is 6.03. The first-order valence-electron chi connectivity index (χ1n) is 9.00. The Morgan fingerprint density at radius 1 is 1.05 bits per heavy atom. The topological polar surface area (TPSA) is 26.3 Å². The zero-order valence-corrected chi connectivity index (χ0v) is 15.2. The van der Waals surface area contributed by atoms with Gasteiger partial charge in [0, 0.05) is 13.0 Å². The van der Waals surface area contributed by atoms with Crippen molar-refractivity contribution in [2.45, 2.75) is 104 Å². The molecule has 21 heavy (non-hydrogen) atoms. The number of carbonyl (C=O) groups is 1. The van der Waals surface area contributed by atoms with Crippen molar-refractivity contribution in [1.82, 2.24) is 0 Å². The molecule has 0 aliphatic carbocycles. The minimum Gasteiger partial charge on any atom is -0.376 e. The van der Waals surface area contributed by atoms with Crippen molar-refractivity contribution in [3.63, 3.8) is 0 Å². The lowest BCUT2D eigenvalue weighted by atomic mass is 9.94. The summed E-state index contributed by atoms with van der Waals surface area (Å²) >= 11 is 0. The summed E-state index contributed by atoms with van der Waals surface area (Å²) in [5.41, 5.74) is -0.0145. The van der Waals surface area contributed by atoms with E-state index in [1.807, 2.05) is 0 Å². The first kappa shape index (κ1) is 20.6. The molecule has 0 saturated carbocycles. The average Bonchev–Trinajstić information content (AvgIpc) is 2.36. The van der Waals surface area contributed by atoms with E-state index < -0.39 is 0 Å². The molecular formula is C19H38O2. The lowest BCUT2D eigenvalue weighted by Gasteiger charge is -2.26. The highest BCUT2D eigenvalue weighted by molar-refractivity contribution is 5.75. The van der Waals surface area contributed by atoms with E-state index >= 15 is 0 Å². The van der Waals surface area contributed by atoms with Crippen LogP contribution in [0.25, 0.3) is 0 Å². The molecule has 126 valence electrons. The Balaban J connectivity index is 3.57. The number of hydrogen-bond donors (Lipinski definition) is 0. The molecule has 0 heterocycles. The van der Waals surface area contributed by atoms with Crippen LogP contribution in [0.2, 0.25) is 0 Å². The summed E-state index contributed by atoms with van der Waals surface area (Å²) in [5.74, 6) is 0.818. The maximum Gasteiger partial charge on any atom is 0.130 e. The van der Waals surface area contributed by atoms with Gasteiger partial charge in [-0.15, -0.1) is 0 Å². The maximum absolute atomic E-state index is 11.1. The largest absolute Gasteiger partial charge is 0.376 e. The van der Waals surface area contributed by atoms with Gasteiger partial charge < -0.3 is 9.53 Å². The Hall–Kier alpha value is -0.370. The number of ketones is 1. The zero-order valence-electron chi connectivity index (χ0n) is 15.2. The lowest BCUT2D eigenvalue weighted by molar-refractivity contribution is -0.117. The Bertz CT molecular complexity index is 258. The summed E-state index contributed by atoms with van der Waals surface area (Å²) in [6.45, 7) is 11.4. The molecule has 1 unspecified atom stereocenters. The fourth-order valence-corrected chi connectivity index (χ4v) is 2.77. The van der Waals surface area contributed by atoms with Crippen molar-refractivity contribution in [3.05, 3.63) is 0 Å². The first-order valence-corrected chi connectivity index (χ1v) is 9.00. The minimum atomic E-state index is -0.0145. The maximum atomic E-state index is 11.1. The van der Waals surface area contributed by atoms with Crippen LogP contribution in [0.5, 0.6) is 0 Å². The van der Waals surface area contributed by atoms with Crippen molar-refractivity contribution in [1.29, 1.82) is 0 Å². The Morgan fingerprint density at radius 3 is 2.29 bits per heavy atom. The van der Waals surface area contributed by atoms with Crippen LogP contribution in [-0.4, -0.2) is 18.0 Å². The Morgan fingerprint density at radius 2 is 1.67 bits per heavy atom. The van der Waals surface area contributed by atoms with Gasteiger partial charge >= 0.3 is 0 Å². The molecule has 0 saturated heterocycles. The summed E-state index contributed by atoms with van der Waals surface area (Å²) in [4.78, 5) is 11.1. The highest BCUT2D eigenvalue weighted by atomic mass is 16.5. The molecule has 0 rings (SSSR count). The van der Waals surface area contributed by atoms with E-state index in [-0.39, 0.29) is 5.60 Å². The van der Waals surface area contributed by atoms with E-state index in [9.17, 15) is 4.79 Å². The molecular weight excluding hydrogens is 260 g/mol. The van der Waals surface area contributed by atoms with Crippen LogP contribution >= 0.6 is 0 Å². The van der Waals surface area contributed by atoms with Crippen molar-refractivity contribution in [3.8, 4) is 0 Å². The van der Waals surface area contributed by atoms with Crippen LogP contribution in [0.15, 0.2) is 0 Å². The number of carbonyl (C=O) groups excluding carboxylic acids is 1. The van der Waals surface area contributed by atoms with E-state index in [1.165, 1.54) is 38.5 Å². The molecule has 0 aliphatic heterocycles. The first-order chi connectivity index (χ1) is 9.87. The third-order valence-electron chi connectivity index (χ3n) is 4.10. The second kappa shape index (κ2) is 12.2. The van der Waals surface area contributed by atoms with E-state index in [0.29, 0.717) is 11.7 Å². The average molecular weight is 299 g/mol. The van der Waals surface area contributed by atoms with Crippen LogP contribution in [0.4, 0.5) is 0 Å². The third kappa shape index (κ3) is 14.3. The predicted octanol–water partition coefficient (Wildman–Crippen LogP) is 5.93. The normalized spacial score (nSPS) is 13.4. The molecule has 0 aromatic carbocycles. The molecule has 0 N–H and O–H groups in total. The van der Waals surface area contributed by atoms with Gasteiger partial charge in [0.15, 0.2) is 0 Å². The van der Waals surface area contributed by atoms with Gasteiger partial charge in [0.2, 0.25) is 0 Å². The molecule has 2 nitrogen and oxygen atoms in total. The standard InChI is InChI=1S/C19H38O2/c1-6-7-8-9-10-11-15-21-19(4,5)14-12-13-17(2)16-18(3)20/h17H,6-16H2,1-5H3. The quantitative estimate of drug-likeness (QED) is 0.372. The monoisotopic (exact) mass is 298 g/mol. The summed E-state index contributed by atoms with van der Waals surface area (Å²) in [7, 11) is 0. The number of Topliss-reactive ketones (excluding diaryl/α,β-unsaturated/α-hetero) is 1. The molecule has 0 aromatic heterocycles. The van der Waals surface area contributed by atoms with Gasteiger partial charge in [-0.25, -0.2) is 0 Å². The van der Waals surface area contributed by atoms with Crippen LogP contribution in [0.3, 0.4) is 0 Å². The zero-order chi connectivity index (χ0) is 16.1. The number of unbranched alkanes of at least 4 members (excludes halogenated alkanes) is 5. The van der Waals surface area contributed by atoms with Gasteiger partial charge in [0.1, 0.15) is 5.78 Å². The lowest BCUT2D eigenvalue weighted by Crippen LogP contribution is -2.25. The highest BCUT2D eigenvalue weighted by Crippen LogP contribution is 2.21. The van der Waals surface area contributed by atoms with E-state index in [2.05, 4.69) is 27.7 Å². The van der Waals surface area contributed by atoms with E-state index in [0.717, 1.165) is 32.3 Å². The molecule has 0 bridgehead atoms. The van der Waals surface area contributed by atoms with Crippen LogP contribution < -0.4 is 0 Å². The Kier molecular flexibility index (Phi) is 12.0. The van der Waals surface area contributed by atoms with Crippen molar-refractivity contribution in [2.75, 3.05) is 6.61 Å². The van der Waals surface area contributed by atoms with Crippen molar-refractivity contribution in [2.24, 2.45) is 5.92 Å². The molecule has 1 atom stereocenters. The van der Waals surface area contributed by atoms with Crippen molar-refractivity contribution >= 4 is 5.78 Å². The van der Waals surface area contributed by atoms with Crippen molar-refractivity contribution < 1.29 is 9.53 Å². The van der Waals surface area contributed by atoms with Crippen LogP contribution in [0, 0.1) is 5.92 Å². The number of ether oxygens (including phenoxy) is 1. The molecule has 0 aromatic rings. The second-order valence-corrected chi connectivity index (χ2v) is 7.28. The smallest absolute Gasteiger partial charge is 0.130 e. The third-order valence-corrected chi connectivity index (χ3v) is 4.10. The fraction of sp³-hybridized carbons (Fsp3) is 0.947. The van der Waals surface area contributed by atoms with Gasteiger partial charge in [0.25, 0.3) is 0 Å². The molecule has 0 amide bonds. The summed E-state index contributed by atoms with van der Waals surface area (Å²) in [6.07, 6.45) is 12.0. The van der Waals surface area contributed by atoms with Gasteiger partial charge in [-0.3, -0.25) is 0 Å². The fourth-order valence-electron chi connectivity index (χ4n) is 2.77. The molecule has 0 fully saturated rings. The van der Waals surface area contributed by atoms with E-state index in [4.69, 9.17) is 4.74 Å². The van der Waals surface area contributed by atoms with E-state index in [1.54, 1.807) is 6.92 Å². The molecule has 0 radical (unpaired) electrons. The summed E-state index contributed by atoms with van der Waals surface area (Å²) in [5, 5.41) is 0. The van der Waals surface area contributed by atoms with Crippen LogP contribution in [-0.2, 0) is 9.53 Å². The van der Waals surface area contributed by atoms with Gasteiger partial charge in [-0.1, -0.05) is 58.8 Å². The molecule has 0 aliphatic rings.